The molecule has 18 rings (SSSR count). The monoisotopic (exact) mass is 746 g/mol. The summed E-state index contributed by atoms with van der Waals surface area (Å²) < 4.78 is 5.90. The van der Waals surface area contributed by atoms with E-state index in [4.69, 9.17) is 4.74 Å². The normalized spacial score (nSPS) is 59.2. The summed E-state index contributed by atoms with van der Waals surface area (Å²) in [6, 6.07) is 12.2. The smallest absolute Gasteiger partial charge is 0.305 e. The second kappa shape index (κ2) is 8.84. The topological polar surface area (TPSA) is 26.3 Å². The third-order valence-electron chi connectivity index (χ3n) is 23.7. The molecule has 0 aliphatic heterocycles. The molecule has 17 aliphatic carbocycles. The van der Waals surface area contributed by atoms with Crippen molar-refractivity contribution in [3.05, 3.63) is 117 Å². The molecule has 2 heteroatoms. The van der Waals surface area contributed by atoms with Gasteiger partial charge in [-0.15, -0.1) is 0 Å². The van der Waals surface area contributed by atoms with Gasteiger partial charge in [0.15, 0.2) is 0 Å². The zero-order chi connectivity index (χ0) is 36.4. The Morgan fingerprint density at radius 2 is 1.53 bits per heavy atom. The Bertz CT molecular complexity index is 2500. The summed E-state index contributed by atoms with van der Waals surface area (Å²) in [5.74, 6) is 17.5. The van der Waals surface area contributed by atoms with Crippen LogP contribution < -0.4 is 0 Å². The fraction of sp³-hybridized carbons (Fsp3) is 0.618. The number of esters is 1. The van der Waals surface area contributed by atoms with Crippen LogP contribution in [0, 0.1) is 129 Å². The zero-order valence-electron chi connectivity index (χ0n) is 33.3. The second-order valence-corrected chi connectivity index (χ2v) is 23.4. The van der Waals surface area contributed by atoms with E-state index in [0.717, 1.165) is 120 Å². The van der Waals surface area contributed by atoms with Gasteiger partial charge in [-0.1, -0.05) is 96.9 Å². The molecule has 57 heavy (non-hydrogen) atoms. The molecule has 286 valence electrons. The highest BCUT2D eigenvalue weighted by molar-refractivity contribution is 5.86. The van der Waals surface area contributed by atoms with Crippen molar-refractivity contribution in [2.45, 2.75) is 70.1 Å². The van der Waals surface area contributed by atoms with E-state index < -0.39 is 0 Å². The molecule has 0 saturated heterocycles. The van der Waals surface area contributed by atoms with Gasteiger partial charge < -0.3 is 4.74 Å². The quantitative estimate of drug-likeness (QED) is 0.150. The van der Waals surface area contributed by atoms with Gasteiger partial charge in [-0.05, 0) is 185 Å². The first-order valence-electron chi connectivity index (χ1n) is 24.4. The standard InChI is InChI=1S/C55H54O2/c1-2-3-22-57-34(56)10-7-21-53(23-8-5-4-6-9-23)54-32-19-20-33-31-18-16-29-27-14-12-25-24-11-13-26-28-15-17-30(32)41-39(28)44-37(26)35(24)43-36(25)38(27)45-40(29)42(31)52(55(33,53)54)50-48(45)46(43)47(44)49(50)51(41)54/h4-6,8-9,11,13,15,17,19-20,24-29,35-40,42-43,45-46,48-50,52H,2-3,7,10,12,14,16,18,21-22H2,1H3. The van der Waals surface area contributed by atoms with Crippen LogP contribution in [-0.2, 0) is 14.9 Å². The minimum Gasteiger partial charge on any atom is -0.466 e. The molecule has 2 spiro atoms. The van der Waals surface area contributed by atoms with Crippen LogP contribution in [0.25, 0.3) is 0 Å². The first-order chi connectivity index (χ1) is 28.2. The fourth-order valence-electron chi connectivity index (χ4n) is 24.3. The number of rotatable bonds is 8. The number of ether oxygens (including phenoxy) is 1. The summed E-state index contributed by atoms with van der Waals surface area (Å²) in [5, 5.41) is 0. The summed E-state index contributed by atoms with van der Waals surface area (Å²) in [6.45, 7) is 2.77. The van der Waals surface area contributed by atoms with Crippen molar-refractivity contribution in [1.29, 1.82) is 0 Å². The molecular weight excluding hydrogens is 693 g/mol. The molecule has 0 heterocycles. The second-order valence-electron chi connectivity index (χ2n) is 23.4. The summed E-state index contributed by atoms with van der Waals surface area (Å²) in [6.07, 6.45) is 27.5. The van der Waals surface area contributed by atoms with E-state index in [0.29, 0.717) is 36.7 Å². The average molecular weight is 747 g/mol. The molecule has 23 unspecified atom stereocenters. The van der Waals surface area contributed by atoms with Gasteiger partial charge in [-0.3, -0.25) is 4.79 Å². The molecular formula is C55H54O2. The Balaban J connectivity index is 0.966. The molecule has 0 bridgehead atoms. The SMILES string of the molecule is CCCCOC(=O)CCCC1(c2ccccc2)C23C4=C5C=CC6C7C5=C2C2C5=C7C7C6C=CC6C8CCC9C%10CCC%11=C(C=C4)C31C1C%11C%10C3C9C8C(C5C3C21)C67. The van der Waals surface area contributed by atoms with Crippen molar-refractivity contribution in [3.63, 3.8) is 0 Å². The number of unbranched alkanes of at least 4 members (excludes halogenated alkanes) is 1. The van der Waals surface area contributed by atoms with Gasteiger partial charge in [0.2, 0.25) is 0 Å². The summed E-state index contributed by atoms with van der Waals surface area (Å²) in [5.41, 5.74) is 17.3. The average Bonchev–Trinajstić information content (AvgIpc) is 3.89. The Labute approximate surface area is 337 Å². The number of fused-ring (bicyclic) bond motifs is 3. The van der Waals surface area contributed by atoms with E-state index in [9.17, 15) is 4.79 Å². The number of hydrogen-bond donors (Lipinski definition) is 0. The van der Waals surface area contributed by atoms with E-state index in [1.54, 1.807) is 29.6 Å². The van der Waals surface area contributed by atoms with Crippen LogP contribution in [0.3, 0.4) is 0 Å². The molecule has 0 N–H and O–H groups in total. The van der Waals surface area contributed by atoms with Crippen LogP contribution in [0.1, 0.15) is 70.3 Å². The first-order valence-corrected chi connectivity index (χ1v) is 24.4. The zero-order valence-corrected chi connectivity index (χ0v) is 33.3. The van der Waals surface area contributed by atoms with Crippen LogP contribution in [0.5, 0.6) is 0 Å². The molecule has 0 radical (unpaired) electrons. The fourth-order valence-corrected chi connectivity index (χ4v) is 24.3. The molecule has 17 aliphatic rings. The van der Waals surface area contributed by atoms with Gasteiger partial charge in [-0.2, -0.15) is 0 Å². The Hall–Kier alpha value is -3.13. The number of hydrogen-bond acceptors (Lipinski definition) is 2. The maximum Gasteiger partial charge on any atom is 0.305 e. The van der Waals surface area contributed by atoms with E-state index in [1.165, 1.54) is 12.8 Å². The maximum absolute atomic E-state index is 13.5. The van der Waals surface area contributed by atoms with Crippen molar-refractivity contribution in [2.24, 2.45) is 129 Å². The van der Waals surface area contributed by atoms with Gasteiger partial charge in [0.25, 0.3) is 0 Å². The molecule has 10 saturated carbocycles. The molecule has 0 amide bonds. The van der Waals surface area contributed by atoms with Gasteiger partial charge in [0, 0.05) is 34.5 Å². The van der Waals surface area contributed by atoms with Crippen LogP contribution in [-0.4, -0.2) is 12.6 Å². The predicted molar refractivity (Wildman–Crippen MR) is 216 cm³/mol. The van der Waals surface area contributed by atoms with Crippen LogP contribution in [0.2, 0.25) is 0 Å². The highest BCUT2D eigenvalue weighted by atomic mass is 16.5. The lowest BCUT2D eigenvalue weighted by Gasteiger charge is -2.60. The van der Waals surface area contributed by atoms with Gasteiger partial charge in [-0.25, -0.2) is 0 Å². The number of carbonyl (C=O) groups excluding carboxylic acids is 1. The third-order valence-corrected chi connectivity index (χ3v) is 23.7. The van der Waals surface area contributed by atoms with Gasteiger partial charge in [0.1, 0.15) is 0 Å². The third kappa shape index (κ3) is 2.44. The lowest BCUT2D eigenvalue weighted by molar-refractivity contribution is -0.143. The van der Waals surface area contributed by atoms with Crippen molar-refractivity contribution in [3.8, 4) is 0 Å². The van der Waals surface area contributed by atoms with Crippen molar-refractivity contribution < 1.29 is 9.53 Å². The van der Waals surface area contributed by atoms with Crippen LogP contribution in [0.15, 0.2) is 111 Å². The largest absolute Gasteiger partial charge is 0.466 e. The summed E-state index contributed by atoms with van der Waals surface area (Å²) in [4.78, 5) is 13.5. The summed E-state index contributed by atoms with van der Waals surface area (Å²) in [7, 11) is 0. The highest BCUT2D eigenvalue weighted by Gasteiger charge is 3.00. The predicted octanol–water partition coefficient (Wildman–Crippen LogP) is 10.4. The molecule has 10 fully saturated rings. The van der Waals surface area contributed by atoms with Crippen LogP contribution in [0.4, 0.5) is 0 Å². The molecule has 2 nitrogen and oxygen atoms in total. The summed E-state index contributed by atoms with van der Waals surface area (Å²) >= 11 is 0. The maximum atomic E-state index is 13.5. The highest BCUT2D eigenvalue weighted by Crippen LogP contribution is 3.03. The lowest BCUT2D eigenvalue weighted by atomic mass is 9.43. The molecule has 1 aromatic rings. The van der Waals surface area contributed by atoms with E-state index in [2.05, 4.69) is 84.9 Å². The number of allylic oxidation sites excluding steroid dienone is 14. The Kier molecular flexibility index (Phi) is 4.65. The van der Waals surface area contributed by atoms with Gasteiger partial charge >= 0.3 is 5.97 Å². The van der Waals surface area contributed by atoms with E-state index in [-0.39, 0.29) is 22.2 Å². The number of carbonyl (C=O) groups is 1. The molecule has 0 aromatic heterocycles. The van der Waals surface area contributed by atoms with Gasteiger partial charge in [0.05, 0.1) is 6.61 Å². The Morgan fingerprint density at radius 3 is 2.44 bits per heavy atom. The van der Waals surface area contributed by atoms with Crippen molar-refractivity contribution in [2.75, 3.05) is 6.61 Å². The minimum atomic E-state index is -0.00103. The molecule has 23 atom stereocenters. The Morgan fingerprint density at radius 1 is 0.719 bits per heavy atom. The van der Waals surface area contributed by atoms with E-state index in [1.807, 2.05) is 22.3 Å². The minimum absolute atomic E-state index is 0.00103. The number of benzene rings is 1. The van der Waals surface area contributed by atoms with Crippen molar-refractivity contribution in [1.82, 2.24) is 0 Å². The first kappa shape index (κ1) is 30.0. The van der Waals surface area contributed by atoms with E-state index >= 15 is 0 Å². The van der Waals surface area contributed by atoms with Crippen molar-refractivity contribution >= 4 is 5.97 Å². The van der Waals surface area contributed by atoms with Crippen LogP contribution >= 0.6 is 0 Å². The lowest BCUT2D eigenvalue weighted by Crippen LogP contribution is -2.57. The molecule has 1 aromatic carbocycles.